The van der Waals surface area contributed by atoms with E-state index >= 15 is 0 Å². The minimum atomic E-state index is -0.595. The van der Waals surface area contributed by atoms with E-state index in [1.165, 1.54) is 4.80 Å². The Bertz CT molecular complexity index is 848. The fourth-order valence-electron chi connectivity index (χ4n) is 1.99. The fraction of sp³-hybridized carbons (Fsp3) is 0.125. The van der Waals surface area contributed by atoms with Crippen LogP contribution >= 0.6 is 27.5 Å². The summed E-state index contributed by atoms with van der Waals surface area (Å²) in [5, 5.41) is 15.7. The molecule has 0 aliphatic heterocycles. The quantitative estimate of drug-likeness (QED) is 0.712. The zero-order chi connectivity index (χ0) is 17.1. The number of anilines is 1. The van der Waals surface area contributed by atoms with Crippen LogP contribution in [0.15, 0.2) is 53.0 Å². The largest absolute Gasteiger partial charge is 0.324 e. The Balaban J connectivity index is 1.73. The second kappa shape index (κ2) is 7.11. The van der Waals surface area contributed by atoms with Gasteiger partial charge in [0.1, 0.15) is 6.04 Å². The molecule has 0 aliphatic carbocycles. The van der Waals surface area contributed by atoms with Crippen molar-refractivity contribution in [2.45, 2.75) is 13.0 Å². The first-order valence-corrected chi connectivity index (χ1v) is 8.32. The van der Waals surface area contributed by atoms with Crippen molar-refractivity contribution in [1.29, 1.82) is 0 Å². The van der Waals surface area contributed by atoms with Crippen molar-refractivity contribution in [1.82, 2.24) is 20.2 Å². The Kier molecular flexibility index (Phi) is 4.92. The van der Waals surface area contributed by atoms with Crippen molar-refractivity contribution in [2.75, 3.05) is 5.32 Å². The molecule has 1 aromatic heterocycles. The summed E-state index contributed by atoms with van der Waals surface area (Å²) < 4.78 is 0.944. The van der Waals surface area contributed by atoms with E-state index in [0.717, 1.165) is 10.0 Å². The van der Waals surface area contributed by atoms with Crippen LogP contribution in [0.4, 0.5) is 5.69 Å². The van der Waals surface area contributed by atoms with Gasteiger partial charge in [0.15, 0.2) is 0 Å². The van der Waals surface area contributed by atoms with Gasteiger partial charge in [-0.15, -0.1) is 10.2 Å². The number of carbonyl (C=O) groups excluding carboxylic acids is 1. The lowest BCUT2D eigenvalue weighted by Crippen LogP contribution is -2.25. The standard InChI is InChI=1S/C16H13BrClN5O/c1-10(16(24)19-14-8-4-12(17)5-9-14)23-21-15(20-22-23)11-2-6-13(18)7-3-11/h2-10H,1H3,(H,19,24). The van der Waals surface area contributed by atoms with E-state index in [1.54, 1.807) is 31.2 Å². The molecule has 3 aromatic rings. The van der Waals surface area contributed by atoms with Gasteiger partial charge in [0, 0.05) is 20.7 Å². The molecule has 0 saturated carbocycles. The van der Waals surface area contributed by atoms with Gasteiger partial charge in [0.05, 0.1) is 0 Å². The third-order valence-corrected chi connectivity index (χ3v) is 4.15. The maximum Gasteiger partial charge on any atom is 0.250 e. The van der Waals surface area contributed by atoms with Crippen LogP contribution in [0.2, 0.25) is 5.02 Å². The molecule has 0 fully saturated rings. The first kappa shape index (κ1) is 16.6. The summed E-state index contributed by atoms with van der Waals surface area (Å²) in [7, 11) is 0. The molecule has 1 heterocycles. The molecule has 0 aliphatic rings. The van der Waals surface area contributed by atoms with Gasteiger partial charge in [0.2, 0.25) is 5.82 Å². The monoisotopic (exact) mass is 405 g/mol. The van der Waals surface area contributed by atoms with Gasteiger partial charge in [-0.25, -0.2) is 0 Å². The number of rotatable bonds is 4. The summed E-state index contributed by atoms with van der Waals surface area (Å²) >= 11 is 9.22. The number of nitrogens with zero attached hydrogens (tertiary/aromatic N) is 4. The summed E-state index contributed by atoms with van der Waals surface area (Å²) in [6.07, 6.45) is 0. The molecule has 0 radical (unpaired) electrons. The molecule has 0 spiro atoms. The number of tetrazole rings is 1. The number of nitrogens with one attached hydrogen (secondary N) is 1. The number of carbonyl (C=O) groups is 1. The van der Waals surface area contributed by atoms with E-state index in [4.69, 9.17) is 11.6 Å². The minimum absolute atomic E-state index is 0.225. The van der Waals surface area contributed by atoms with Crippen LogP contribution in [0.3, 0.4) is 0 Å². The lowest BCUT2D eigenvalue weighted by Gasteiger charge is -2.10. The molecule has 8 heteroatoms. The predicted octanol–water partition coefficient (Wildman–Crippen LogP) is 3.96. The van der Waals surface area contributed by atoms with Gasteiger partial charge < -0.3 is 5.32 Å². The second-order valence-electron chi connectivity index (χ2n) is 5.11. The van der Waals surface area contributed by atoms with Crippen LogP contribution in [0.25, 0.3) is 11.4 Å². The minimum Gasteiger partial charge on any atom is -0.324 e. The molecular weight excluding hydrogens is 394 g/mol. The zero-order valence-corrected chi connectivity index (χ0v) is 15.0. The van der Waals surface area contributed by atoms with Gasteiger partial charge in [-0.2, -0.15) is 4.80 Å². The van der Waals surface area contributed by atoms with Crippen molar-refractivity contribution >= 4 is 39.1 Å². The highest BCUT2D eigenvalue weighted by atomic mass is 79.9. The molecule has 6 nitrogen and oxygen atoms in total. The normalized spacial score (nSPS) is 12.0. The molecule has 1 N–H and O–H groups in total. The number of hydrogen-bond acceptors (Lipinski definition) is 4. The number of hydrogen-bond donors (Lipinski definition) is 1. The van der Waals surface area contributed by atoms with E-state index in [2.05, 4.69) is 36.7 Å². The molecule has 24 heavy (non-hydrogen) atoms. The van der Waals surface area contributed by atoms with Crippen LogP contribution in [0.5, 0.6) is 0 Å². The third kappa shape index (κ3) is 3.80. The van der Waals surface area contributed by atoms with E-state index in [1.807, 2.05) is 24.3 Å². The second-order valence-corrected chi connectivity index (χ2v) is 6.46. The van der Waals surface area contributed by atoms with Gasteiger partial charge in [0.25, 0.3) is 5.91 Å². The number of halogens is 2. The van der Waals surface area contributed by atoms with Gasteiger partial charge in [-0.3, -0.25) is 4.79 Å². The van der Waals surface area contributed by atoms with Crippen LogP contribution in [-0.2, 0) is 4.79 Å². The maximum absolute atomic E-state index is 12.3. The number of aromatic nitrogens is 4. The SMILES string of the molecule is CC(C(=O)Nc1ccc(Br)cc1)n1nnc(-c2ccc(Cl)cc2)n1. The van der Waals surface area contributed by atoms with Gasteiger partial charge >= 0.3 is 0 Å². The van der Waals surface area contributed by atoms with Crippen LogP contribution in [0, 0.1) is 0 Å². The Hall–Kier alpha value is -2.25. The molecule has 2 aromatic carbocycles. The van der Waals surface area contributed by atoms with Crippen molar-refractivity contribution in [3.63, 3.8) is 0 Å². The lowest BCUT2D eigenvalue weighted by atomic mass is 10.2. The average Bonchev–Trinajstić information content (AvgIpc) is 3.07. The van der Waals surface area contributed by atoms with Crippen LogP contribution in [0.1, 0.15) is 13.0 Å². The fourth-order valence-corrected chi connectivity index (χ4v) is 2.38. The summed E-state index contributed by atoms with van der Waals surface area (Å²) in [4.78, 5) is 13.6. The van der Waals surface area contributed by atoms with Crippen LogP contribution < -0.4 is 5.32 Å². The van der Waals surface area contributed by atoms with E-state index in [0.29, 0.717) is 16.5 Å². The van der Waals surface area contributed by atoms with Crippen molar-refractivity contribution in [3.8, 4) is 11.4 Å². The molecule has 0 saturated heterocycles. The first-order valence-electron chi connectivity index (χ1n) is 7.15. The lowest BCUT2D eigenvalue weighted by molar-refractivity contribution is -0.119. The highest BCUT2D eigenvalue weighted by Gasteiger charge is 2.19. The highest BCUT2D eigenvalue weighted by Crippen LogP contribution is 2.19. The van der Waals surface area contributed by atoms with E-state index < -0.39 is 6.04 Å². The first-order chi connectivity index (χ1) is 11.5. The molecule has 0 bridgehead atoms. The van der Waals surface area contributed by atoms with Gasteiger partial charge in [-0.05, 0) is 60.7 Å². The summed E-state index contributed by atoms with van der Waals surface area (Å²) in [5.41, 5.74) is 1.49. The number of benzene rings is 2. The molecule has 1 atom stereocenters. The Morgan fingerprint density at radius 3 is 2.50 bits per heavy atom. The van der Waals surface area contributed by atoms with E-state index in [-0.39, 0.29) is 5.91 Å². The highest BCUT2D eigenvalue weighted by molar-refractivity contribution is 9.10. The van der Waals surface area contributed by atoms with Crippen LogP contribution in [-0.4, -0.2) is 26.1 Å². The third-order valence-electron chi connectivity index (χ3n) is 3.37. The Morgan fingerprint density at radius 2 is 1.83 bits per heavy atom. The summed E-state index contributed by atoms with van der Waals surface area (Å²) in [6, 6.07) is 13.8. The molecule has 1 unspecified atom stereocenters. The number of amides is 1. The predicted molar refractivity (Wildman–Crippen MR) is 95.7 cm³/mol. The Morgan fingerprint density at radius 1 is 1.17 bits per heavy atom. The molecule has 1 amide bonds. The molecule has 3 rings (SSSR count). The summed E-state index contributed by atoms with van der Waals surface area (Å²) in [5.74, 6) is 0.215. The maximum atomic E-state index is 12.3. The van der Waals surface area contributed by atoms with Gasteiger partial charge in [-0.1, -0.05) is 27.5 Å². The Labute approximate surface area is 152 Å². The van der Waals surface area contributed by atoms with Crippen molar-refractivity contribution in [2.24, 2.45) is 0 Å². The average molecular weight is 407 g/mol. The van der Waals surface area contributed by atoms with E-state index in [9.17, 15) is 4.79 Å². The summed E-state index contributed by atoms with van der Waals surface area (Å²) in [6.45, 7) is 1.71. The van der Waals surface area contributed by atoms with Crippen molar-refractivity contribution in [3.05, 3.63) is 58.0 Å². The topological polar surface area (TPSA) is 72.7 Å². The molecular formula is C16H13BrClN5O. The molecule has 122 valence electrons. The zero-order valence-electron chi connectivity index (χ0n) is 12.6. The van der Waals surface area contributed by atoms with Crippen molar-refractivity contribution < 1.29 is 4.79 Å². The smallest absolute Gasteiger partial charge is 0.250 e.